The third-order valence-corrected chi connectivity index (χ3v) is 7.36. The van der Waals surface area contributed by atoms with Gasteiger partial charge in [-0.1, -0.05) is 6.07 Å². The highest BCUT2D eigenvalue weighted by Gasteiger charge is 2.19. The maximum Gasteiger partial charge on any atom is 0.242 e. The van der Waals surface area contributed by atoms with Crippen molar-refractivity contribution in [3.8, 4) is 0 Å². The number of nitrogens with one attached hydrogen (secondary N) is 1. The Morgan fingerprint density at radius 1 is 1.16 bits per heavy atom. The van der Waals surface area contributed by atoms with Crippen LogP contribution in [0.1, 0.15) is 17.8 Å². The molecular weight excluding hydrogens is 426 g/mol. The van der Waals surface area contributed by atoms with Crippen molar-refractivity contribution in [3.63, 3.8) is 0 Å². The monoisotopic (exact) mass is 451 g/mol. The molecule has 4 aromatic rings. The van der Waals surface area contributed by atoms with E-state index >= 15 is 0 Å². The van der Waals surface area contributed by atoms with Crippen LogP contribution in [0.2, 0.25) is 0 Å². The number of aromatic nitrogens is 3. The molecule has 9 heteroatoms. The lowest BCUT2D eigenvalue weighted by molar-refractivity contribution is -0.116. The van der Waals surface area contributed by atoms with E-state index in [2.05, 4.69) is 15.3 Å². The zero-order chi connectivity index (χ0) is 23.0. The Morgan fingerprint density at radius 2 is 1.94 bits per heavy atom. The van der Waals surface area contributed by atoms with E-state index in [-0.39, 0.29) is 17.2 Å². The van der Waals surface area contributed by atoms with Gasteiger partial charge in [0.15, 0.2) is 0 Å². The maximum absolute atomic E-state index is 12.6. The predicted octanol–water partition coefficient (Wildman–Crippen LogP) is 3.25. The highest BCUT2D eigenvalue weighted by atomic mass is 32.2. The lowest BCUT2D eigenvalue weighted by atomic mass is 10.1. The fraction of sp³-hybridized carbons (Fsp3) is 0.261. The fourth-order valence-electron chi connectivity index (χ4n) is 3.69. The average Bonchev–Trinajstić information content (AvgIpc) is 3.09. The Labute approximate surface area is 186 Å². The van der Waals surface area contributed by atoms with Crippen LogP contribution in [-0.2, 0) is 28.3 Å². The molecule has 0 unspecified atom stereocenters. The minimum Gasteiger partial charge on any atom is -0.331 e. The molecular formula is C23H25N5O3S. The van der Waals surface area contributed by atoms with Gasteiger partial charge >= 0.3 is 0 Å². The molecule has 0 fully saturated rings. The van der Waals surface area contributed by atoms with Gasteiger partial charge in [-0.25, -0.2) is 17.7 Å². The van der Waals surface area contributed by atoms with Crippen molar-refractivity contribution in [2.45, 2.75) is 24.7 Å². The normalized spacial score (nSPS) is 12.0. The van der Waals surface area contributed by atoms with Crippen LogP contribution in [0.4, 0.5) is 5.69 Å². The van der Waals surface area contributed by atoms with Gasteiger partial charge in [-0.05, 0) is 48.9 Å². The van der Waals surface area contributed by atoms with Gasteiger partial charge in [0.2, 0.25) is 15.9 Å². The van der Waals surface area contributed by atoms with E-state index < -0.39 is 10.0 Å². The summed E-state index contributed by atoms with van der Waals surface area (Å²) in [7, 11) is 1.32. The third-order valence-electron chi connectivity index (χ3n) is 5.54. The summed E-state index contributed by atoms with van der Waals surface area (Å²) in [6.45, 7) is 1.99. The van der Waals surface area contributed by atoms with Gasteiger partial charge in [0.1, 0.15) is 5.82 Å². The summed E-state index contributed by atoms with van der Waals surface area (Å²) < 4.78 is 27.9. The number of carbonyl (C=O) groups is 1. The standard InChI is InChI=1S/C23H25N5O3S/c1-15-7-9-18(17-6-5-13-24-23(15)17)26-22(29)12-11-21-25-19-14-16(32(30,31)27(2)3)8-10-20(19)28(21)4/h5-10,13-14H,11-12H2,1-4H3,(H,26,29). The summed E-state index contributed by atoms with van der Waals surface area (Å²) in [5.41, 5.74) is 4.04. The Balaban J connectivity index is 1.53. The molecule has 0 saturated heterocycles. The van der Waals surface area contributed by atoms with Gasteiger partial charge in [-0.3, -0.25) is 9.78 Å². The Hall–Kier alpha value is -3.30. The number of pyridine rings is 1. The second kappa shape index (κ2) is 8.33. The highest BCUT2D eigenvalue weighted by molar-refractivity contribution is 7.89. The first-order valence-corrected chi connectivity index (χ1v) is 11.6. The van der Waals surface area contributed by atoms with Crippen molar-refractivity contribution >= 4 is 43.6 Å². The van der Waals surface area contributed by atoms with Gasteiger partial charge in [0.05, 0.1) is 27.1 Å². The number of sulfonamides is 1. The van der Waals surface area contributed by atoms with Crippen molar-refractivity contribution in [2.24, 2.45) is 7.05 Å². The first-order valence-electron chi connectivity index (χ1n) is 10.2. The van der Waals surface area contributed by atoms with E-state index in [4.69, 9.17) is 0 Å². The Kier molecular flexibility index (Phi) is 5.70. The van der Waals surface area contributed by atoms with E-state index in [1.165, 1.54) is 18.4 Å². The number of fused-ring (bicyclic) bond motifs is 2. The van der Waals surface area contributed by atoms with Gasteiger partial charge in [-0.15, -0.1) is 0 Å². The summed E-state index contributed by atoms with van der Waals surface area (Å²) in [6, 6.07) is 12.5. The van der Waals surface area contributed by atoms with Crippen molar-refractivity contribution in [3.05, 3.63) is 60.0 Å². The number of hydrogen-bond donors (Lipinski definition) is 1. The van der Waals surface area contributed by atoms with Crippen molar-refractivity contribution in [1.82, 2.24) is 18.8 Å². The molecule has 0 atom stereocenters. The topological polar surface area (TPSA) is 97.2 Å². The number of carbonyl (C=O) groups excluding carboxylic acids is 1. The molecule has 0 aliphatic rings. The van der Waals surface area contributed by atoms with Crippen LogP contribution in [0.3, 0.4) is 0 Å². The van der Waals surface area contributed by atoms with Crippen molar-refractivity contribution in [1.29, 1.82) is 0 Å². The Morgan fingerprint density at radius 3 is 2.69 bits per heavy atom. The van der Waals surface area contributed by atoms with Gasteiger partial charge in [0, 0.05) is 45.6 Å². The molecule has 1 N–H and O–H groups in total. The van der Waals surface area contributed by atoms with Gasteiger partial charge < -0.3 is 9.88 Å². The number of hydrogen-bond acceptors (Lipinski definition) is 5. The first kappa shape index (κ1) is 21.9. The number of aryl methyl sites for hydroxylation is 3. The molecule has 4 rings (SSSR count). The van der Waals surface area contributed by atoms with E-state index in [9.17, 15) is 13.2 Å². The maximum atomic E-state index is 12.6. The number of rotatable bonds is 6. The molecule has 0 aliphatic heterocycles. The third kappa shape index (κ3) is 3.96. The molecule has 0 bridgehead atoms. The number of amides is 1. The largest absolute Gasteiger partial charge is 0.331 e. The van der Waals surface area contributed by atoms with E-state index in [0.717, 1.165) is 27.7 Å². The van der Waals surface area contributed by atoms with Crippen LogP contribution in [0.15, 0.2) is 53.6 Å². The number of benzene rings is 2. The summed E-state index contributed by atoms with van der Waals surface area (Å²) in [4.78, 5) is 21.8. The fourth-order valence-corrected chi connectivity index (χ4v) is 4.61. The zero-order valence-corrected chi connectivity index (χ0v) is 19.3. The molecule has 166 valence electrons. The number of anilines is 1. The molecule has 0 spiro atoms. The first-order chi connectivity index (χ1) is 15.2. The minimum absolute atomic E-state index is 0.123. The lowest BCUT2D eigenvalue weighted by Crippen LogP contribution is -2.22. The molecule has 2 aromatic carbocycles. The average molecular weight is 452 g/mol. The van der Waals surface area contributed by atoms with Crippen molar-refractivity contribution < 1.29 is 13.2 Å². The lowest BCUT2D eigenvalue weighted by Gasteiger charge is -2.11. The number of nitrogens with zero attached hydrogens (tertiary/aromatic N) is 4. The van der Waals surface area contributed by atoms with Crippen LogP contribution in [-0.4, -0.2) is 47.3 Å². The van der Waals surface area contributed by atoms with Crippen LogP contribution in [0.5, 0.6) is 0 Å². The van der Waals surface area contributed by atoms with E-state index in [0.29, 0.717) is 17.8 Å². The highest BCUT2D eigenvalue weighted by Crippen LogP contribution is 2.25. The van der Waals surface area contributed by atoms with Gasteiger partial charge in [0.25, 0.3) is 0 Å². The summed E-state index contributed by atoms with van der Waals surface area (Å²) in [5, 5.41) is 3.88. The van der Waals surface area contributed by atoms with E-state index in [1.54, 1.807) is 24.4 Å². The predicted molar refractivity (Wildman–Crippen MR) is 125 cm³/mol. The summed E-state index contributed by atoms with van der Waals surface area (Å²) >= 11 is 0. The molecule has 0 aliphatic carbocycles. The van der Waals surface area contributed by atoms with Crippen LogP contribution in [0.25, 0.3) is 21.9 Å². The van der Waals surface area contributed by atoms with Gasteiger partial charge in [-0.2, -0.15) is 0 Å². The molecule has 2 aromatic heterocycles. The summed E-state index contributed by atoms with van der Waals surface area (Å²) in [5.74, 6) is 0.590. The SMILES string of the molecule is Cc1ccc(NC(=O)CCc2nc3cc(S(=O)(=O)N(C)C)ccc3n2C)c2cccnc12. The van der Waals surface area contributed by atoms with Crippen LogP contribution in [0, 0.1) is 6.92 Å². The molecule has 0 radical (unpaired) electrons. The quantitative estimate of drug-likeness (QED) is 0.485. The van der Waals surface area contributed by atoms with Crippen LogP contribution < -0.4 is 5.32 Å². The molecule has 0 saturated carbocycles. The number of imidazole rings is 1. The molecule has 32 heavy (non-hydrogen) atoms. The second-order valence-corrected chi connectivity index (χ2v) is 10.1. The minimum atomic E-state index is -3.54. The second-order valence-electron chi connectivity index (χ2n) is 7.90. The van der Waals surface area contributed by atoms with E-state index in [1.807, 2.05) is 42.8 Å². The molecule has 8 nitrogen and oxygen atoms in total. The van der Waals surface area contributed by atoms with Crippen molar-refractivity contribution in [2.75, 3.05) is 19.4 Å². The Bertz CT molecular complexity index is 1440. The summed E-state index contributed by atoms with van der Waals surface area (Å²) in [6.07, 6.45) is 2.41. The molecule has 2 heterocycles. The van der Waals surface area contributed by atoms with Crippen LogP contribution >= 0.6 is 0 Å². The molecule has 1 amide bonds. The zero-order valence-electron chi connectivity index (χ0n) is 18.5. The smallest absolute Gasteiger partial charge is 0.242 e.